The first kappa shape index (κ1) is 15.6. The maximum Gasteiger partial charge on any atom is 0.260 e. The minimum Gasteiger partial charge on any atom is -0.484 e. The van der Waals surface area contributed by atoms with Crippen molar-refractivity contribution >= 4 is 15.7 Å². The van der Waals surface area contributed by atoms with Gasteiger partial charge in [0.25, 0.3) is 5.91 Å². The number of carbonyl (C=O) groups excluding carboxylic acids is 1. The summed E-state index contributed by atoms with van der Waals surface area (Å²) in [6.45, 7) is 0.328. The molecule has 23 heavy (non-hydrogen) atoms. The third-order valence-corrected chi connectivity index (χ3v) is 5.74. The fraction of sp³-hybridized carbons (Fsp3) is 0.312. The van der Waals surface area contributed by atoms with Gasteiger partial charge in [0, 0.05) is 13.1 Å². The second kappa shape index (κ2) is 6.45. The van der Waals surface area contributed by atoms with E-state index in [1.165, 1.54) is 11.2 Å². The normalized spacial score (nSPS) is 15.2. The lowest BCUT2D eigenvalue weighted by Gasteiger charge is -2.38. The summed E-state index contributed by atoms with van der Waals surface area (Å²) >= 11 is 0. The second-order valence-corrected chi connectivity index (χ2v) is 7.69. The third kappa shape index (κ3) is 3.73. The van der Waals surface area contributed by atoms with Gasteiger partial charge >= 0.3 is 0 Å². The number of hydrogen-bond acceptors (Lipinski definition) is 5. The molecule has 3 rings (SSSR count). The van der Waals surface area contributed by atoms with Gasteiger partial charge in [-0.1, -0.05) is 18.2 Å². The Kier molecular flexibility index (Phi) is 4.38. The van der Waals surface area contributed by atoms with E-state index in [4.69, 9.17) is 9.15 Å². The predicted molar refractivity (Wildman–Crippen MR) is 83.6 cm³/mol. The zero-order valence-corrected chi connectivity index (χ0v) is 13.2. The summed E-state index contributed by atoms with van der Waals surface area (Å²) in [7, 11) is -3.31. The Morgan fingerprint density at radius 2 is 1.91 bits per heavy atom. The molecule has 1 aliphatic rings. The first-order valence-corrected chi connectivity index (χ1v) is 8.96. The average Bonchev–Trinajstić information content (AvgIpc) is 2.96. The van der Waals surface area contributed by atoms with Gasteiger partial charge in [-0.25, -0.2) is 8.42 Å². The van der Waals surface area contributed by atoms with Gasteiger partial charge in [0.05, 0.1) is 11.5 Å². The fourth-order valence-corrected chi connectivity index (χ4v) is 3.94. The van der Waals surface area contributed by atoms with Gasteiger partial charge in [-0.15, -0.1) is 0 Å². The standard InChI is InChI=1S/C16H17NO5S/c18-16(11-22-13-5-2-1-3-6-13)17-9-15(10-17)23(19,20)12-14-7-4-8-21-14/h1-8,15H,9-12H2. The van der Waals surface area contributed by atoms with Crippen molar-refractivity contribution in [1.29, 1.82) is 0 Å². The van der Waals surface area contributed by atoms with Crippen molar-refractivity contribution in [3.05, 3.63) is 54.5 Å². The van der Waals surface area contributed by atoms with E-state index in [1.807, 2.05) is 18.2 Å². The highest BCUT2D eigenvalue weighted by Crippen LogP contribution is 2.21. The van der Waals surface area contributed by atoms with E-state index in [0.29, 0.717) is 11.5 Å². The molecule has 1 aromatic carbocycles. The molecule has 0 unspecified atom stereocenters. The molecular formula is C16H17NO5S. The fourth-order valence-electron chi connectivity index (χ4n) is 2.33. The van der Waals surface area contributed by atoms with Crippen molar-refractivity contribution in [1.82, 2.24) is 4.90 Å². The smallest absolute Gasteiger partial charge is 0.260 e. The molecule has 7 heteroatoms. The van der Waals surface area contributed by atoms with Crippen molar-refractivity contribution in [3.63, 3.8) is 0 Å². The Labute approximate surface area is 134 Å². The molecule has 0 radical (unpaired) electrons. The van der Waals surface area contributed by atoms with Gasteiger partial charge in [0.15, 0.2) is 16.4 Å². The molecule has 0 aliphatic carbocycles. The van der Waals surface area contributed by atoms with Crippen LogP contribution in [-0.4, -0.2) is 44.2 Å². The number of likely N-dealkylation sites (tertiary alicyclic amines) is 1. The molecule has 1 saturated heterocycles. The quantitative estimate of drug-likeness (QED) is 0.799. The van der Waals surface area contributed by atoms with Gasteiger partial charge in [-0.2, -0.15) is 0 Å². The van der Waals surface area contributed by atoms with E-state index in [9.17, 15) is 13.2 Å². The lowest BCUT2D eigenvalue weighted by atomic mass is 10.2. The number of sulfone groups is 1. The van der Waals surface area contributed by atoms with Gasteiger partial charge in [0.2, 0.25) is 0 Å². The van der Waals surface area contributed by atoms with Crippen LogP contribution < -0.4 is 4.74 Å². The first-order valence-electron chi connectivity index (χ1n) is 7.24. The summed E-state index contributed by atoms with van der Waals surface area (Å²) in [6.07, 6.45) is 1.45. The highest BCUT2D eigenvalue weighted by atomic mass is 32.2. The number of nitrogens with zero attached hydrogens (tertiary/aromatic N) is 1. The Balaban J connectivity index is 1.47. The molecule has 0 atom stereocenters. The van der Waals surface area contributed by atoms with Crippen molar-refractivity contribution in [2.45, 2.75) is 11.0 Å². The third-order valence-electron chi connectivity index (χ3n) is 3.74. The Morgan fingerprint density at radius 3 is 2.57 bits per heavy atom. The van der Waals surface area contributed by atoms with Crippen LogP contribution in [-0.2, 0) is 20.4 Å². The zero-order chi connectivity index (χ0) is 16.3. The number of ether oxygens (including phenoxy) is 1. The van der Waals surface area contributed by atoms with E-state index in [1.54, 1.807) is 24.3 Å². The summed E-state index contributed by atoms with van der Waals surface area (Å²) in [5, 5.41) is -0.534. The number of benzene rings is 1. The maximum atomic E-state index is 12.2. The summed E-state index contributed by atoms with van der Waals surface area (Å²) in [5.74, 6) is 0.691. The van der Waals surface area contributed by atoms with Crippen LogP contribution in [0.5, 0.6) is 5.75 Å². The molecule has 0 bridgehead atoms. The molecule has 1 aromatic heterocycles. The summed E-state index contributed by atoms with van der Waals surface area (Å²) in [5.41, 5.74) is 0. The molecular weight excluding hydrogens is 318 g/mol. The largest absolute Gasteiger partial charge is 0.484 e. The van der Waals surface area contributed by atoms with E-state index in [2.05, 4.69) is 0 Å². The average molecular weight is 335 g/mol. The highest BCUT2D eigenvalue weighted by Gasteiger charge is 2.39. The summed E-state index contributed by atoms with van der Waals surface area (Å²) < 4.78 is 34.8. The summed E-state index contributed by atoms with van der Waals surface area (Å²) in [4.78, 5) is 13.5. The van der Waals surface area contributed by atoms with E-state index < -0.39 is 15.1 Å². The van der Waals surface area contributed by atoms with Crippen LogP contribution in [0.15, 0.2) is 53.1 Å². The number of amides is 1. The maximum absolute atomic E-state index is 12.2. The van der Waals surface area contributed by atoms with Crippen LogP contribution in [0.4, 0.5) is 0 Å². The van der Waals surface area contributed by atoms with E-state index in [0.717, 1.165) is 0 Å². The Morgan fingerprint density at radius 1 is 1.17 bits per heavy atom. The first-order chi connectivity index (χ1) is 11.0. The van der Waals surface area contributed by atoms with Crippen molar-refractivity contribution in [2.75, 3.05) is 19.7 Å². The van der Waals surface area contributed by atoms with Crippen LogP contribution in [0.25, 0.3) is 0 Å². The molecule has 122 valence electrons. The Bertz CT molecular complexity index is 749. The molecule has 1 fully saturated rings. The number of furan rings is 1. The lowest BCUT2D eigenvalue weighted by molar-refractivity contribution is -0.136. The molecule has 0 N–H and O–H groups in total. The number of hydrogen-bond donors (Lipinski definition) is 0. The lowest BCUT2D eigenvalue weighted by Crippen LogP contribution is -2.58. The minimum atomic E-state index is -3.31. The van der Waals surface area contributed by atoms with Crippen LogP contribution in [0.1, 0.15) is 5.76 Å². The van der Waals surface area contributed by atoms with Crippen molar-refractivity contribution < 1.29 is 22.4 Å². The summed E-state index contributed by atoms with van der Waals surface area (Å²) in [6, 6.07) is 12.3. The molecule has 2 aromatic rings. The predicted octanol–water partition coefficient (Wildman–Crippen LogP) is 1.48. The highest BCUT2D eigenvalue weighted by molar-refractivity contribution is 7.91. The SMILES string of the molecule is O=C(COc1ccccc1)N1CC(S(=O)(=O)Cc2ccco2)C1. The van der Waals surface area contributed by atoms with Gasteiger partial charge in [-0.3, -0.25) is 4.79 Å². The topological polar surface area (TPSA) is 76.8 Å². The van der Waals surface area contributed by atoms with Crippen molar-refractivity contribution in [3.8, 4) is 5.75 Å². The zero-order valence-electron chi connectivity index (χ0n) is 12.4. The van der Waals surface area contributed by atoms with Crippen LogP contribution >= 0.6 is 0 Å². The molecule has 1 amide bonds. The molecule has 0 saturated carbocycles. The van der Waals surface area contributed by atoms with E-state index >= 15 is 0 Å². The molecule has 0 spiro atoms. The Hall–Kier alpha value is -2.28. The van der Waals surface area contributed by atoms with Crippen LogP contribution in [0.3, 0.4) is 0 Å². The second-order valence-electron chi connectivity index (χ2n) is 5.41. The van der Waals surface area contributed by atoms with Crippen LogP contribution in [0, 0.1) is 0 Å². The minimum absolute atomic E-state index is 0.0883. The monoisotopic (exact) mass is 335 g/mol. The molecule has 6 nitrogen and oxygen atoms in total. The number of carbonyl (C=O) groups is 1. The molecule has 2 heterocycles. The number of rotatable bonds is 6. The van der Waals surface area contributed by atoms with Crippen molar-refractivity contribution in [2.24, 2.45) is 0 Å². The van der Waals surface area contributed by atoms with E-state index in [-0.39, 0.29) is 31.4 Å². The van der Waals surface area contributed by atoms with Crippen LogP contribution in [0.2, 0.25) is 0 Å². The van der Waals surface area contributed by atoms with Gasteiger partial charge in [-0.05, 0) is 24.3 Å². The van der Waals surface area contributed by atoms with Gasteiger partial charge < -0.3 is 14.1 Å². The molecule has 1 aliphatic heterocycles. The number of para-hydroxylation sites is 1. The van der Waals surface area contributed by atoms with Gasteiger partial charge in [0.1, 0.15) is 17.3 Å².